The summed E-state index contributed by atoms with van der Waals surface area (Å²) in [6, 6.07) is 2.21. The first-order valence-corrected chi connectivity index (χ1v) is 5.98. The molecule has 1 aliphatic rings. The zero-order valence-corrected chi connectivity index (χ0v) is 10.3. The van der Waals surface area contributed by atoms with Crippen LogP contribution in [0.25, 0.3) is 0 Å². The van der Waals surface area contributed by atoms with E-state index in [1.54, 1.807) is 0 Å². The van der Waals surface area contributed by atoms with Crippen LogP contribution in [0.1, 0.15) is 63.3 Å². The fourth-order valence-corrected chi connectivity index (χ4v) is 2.62. The summed E-state index contributed by atoms with van der Waals surface area (Å²) in [5.41, 5.74) is 4.64. The lowest BCUT2D eigenvalue weighted by Gasteiger charge is -2.29. The van der Waals surface area contributed by atoms with Crippen LogP contribution in [-0.2, 0) is 11.8 Å². The first-order valence-electron chi connectivity index (χ1n) is 5.98. The zero-order chi connectivity index (χ0) is 11.1. The number of hydrogen-bond donors (Lipinski definition) is 0. The Labute approximate surface area is 92.9 Å². The molecule has 82 valence electrons. The minimum absolute atomic E-state index is 0.254. The predicted octanol–water partition coefficient (Wildman–Crippen LogP) is 3.82. The Morgan fingerprint density at radius 1 is 1.33 bits per heavy atom. The fourth-order valence-electron chi connectivity index (χ4n) is 2.62. The monoisotopic (exact) mass is 203 g/mol. The quantitative estimate of drug-likeness (QED) is 0.624. The molecule has 1 heteroatoms. The number of nitrogens with zero attached hydrogens (tertiary/aromatic N) is 1. The van der Waals surface area contributed by atoms with Gasteiger partial charge in [0.15, 0.2) is 0 Å². The van der Waals surface area contributed by atoms with Gasteiger partial charge in [-0.15, -0.1) is 0 Å². The molecular weight excluding hydrogens is 182 g/mol. The van der Waals surface area contributed by atoms with Crippen molar-refractivity contribution >= 4 is 0 Å². The lowest BCUT2D eigenvalue weighted by Crippen LogP contribution is -2.19. The van der Waals surface area contributed by atoms with Crippen LogP contribution in [0.3, 0.4) is 0 Å². The molecule has 0 saturated heterocycles. The maximum absolute atomic E-state index is 4.57. The van der Waals surface area contributed by atoms with Gasteiger partial charge in [-0.3, -0.25) is 4.98 Å². The van der Waals surface area contributed by atoms with Gasteiger partial charge in [-0.2, -0.15) is 0 Å². The molecule has 1 aromatic rings. The normalized spacial score (nSPS) is 21.2. The molecule has 0 fully saturated rings. The molecule has 0 saturated carbocycles. The highest BCUT2D eigenvalue weighted by Crippen LogP contribution is 2.35. The zero-order valence-electron chi connectivity index (χ0n) is 10.3. The number of aromatic nitrogens is 1. The molecule has 1 aliphatic carbocycles. The van der Waals surface area contributed by atoms with Crippen molar-refractivity contribution in [2.24, 2.45) is 0 Å². The van der Waals surface area contributed by atoms with Crippen LogP contribution in [0.5, 0.6) is 0 Å². The Morgan fingerprint density at radius 3 is 2.73 bits per heavy atom. The Kier molecular flexibility index (Phi) is 2.57. The Morgan fingerprint density at radius 2 is 2.07 bits per heavy atom. The molecule has 1 nitrogen and oxygen atoms in total. The molecule has 1 atom stereocenters. The van der Waals surface area contributed by atoms with Gasteiger partial charge in [0.2, 0.25) is 0 Å². The lowest BCUT2D eigenvalue weighted by atomic mass is 9.77. The molecule has 0 aromatic carbocycles. The van der Waals surface area contributed by atoms with Gasteiger partial charge in [0.1, 0.15) is 0 Å². The van der Waals surface area contributed by atoms with Crippen molar-refractivity contribution in [3.05, 3.63) is 29.1 Å². The molecule has 0 bridgehead atoms. The minimum Gasteiger partial charge on any atom is -0.261 e. The Balaban J connectivity index is 2.54. The van der Waals surface area contributed by atoms with E-state index in [1.165, 1.54) is 36.1 Å². The van der Waals surface area contributed by atoms with E-state index >= 15 is 0 Å². The summed E-state index contributed by atoms with van der Waals surface area (Å²) < 4.78 is 0. The van der Waals surface area contributed by atoms with Gasteiger partial charge in [0.05, 0.1) is 0 Å². The van der Waals surface area contributed by atoms with Gasteiger partial charge in [-0.1, -0.05) is 27.7 Å². The first kappa shape index (κ1) is 10.7. The van der Waals surface area contributed by atoms with Crippen LogP contribution in [0, 0.1) is 0 Å². The Hall–Kier alpha value is -0.850. The first-order chi connectivity index (χ1) is 7.00. The molecule has 1 heterocycles. The van der Waals surface area contributed by atoms with Crippen LogP contribution in [-0.4, -0.2) is 4.98 Å². The summed E-state index contributed by atoms with van der Waals surface area (Å²) in [6.07, 6.45) is 5.83. The van der Waals surface area contributed by atoms with Crippen molar-refractivity contribution in [3.8, 4) is 0 Å². The molecule has 0 N–H and O–H groups in total. The topological polar surface area (TPSA) is 12.9 Å². The van der Waals surface area contributed by atoms with E-state index in [9.17, 15) is 0 Å². The van der Waals surface area contributed by atoms with E-state index in [0.29, 0.717) is 5.92 Å². The van der Waals surface area contributed by atoms with E-state index in [4.69, 9.17) is 0 Å². The SMILES string of the molecule is CC1CCCc2c(C(C)(C)C)ccnc21. The third-order valence-corrected chi connectivity index (χ3v) is 3.43. The number of hydrogen-bond acceptors (Lipinski definition) is 1. The Bertz CT molecular complexity index is 360. The van der Waals surface area contributed by atoms with Gasteiger partial charge in [0, 0.05) is 11.9 Å². The summed E-state index contributed by atoms with van der Waals surface area (Å²) in [4.78, 5) is 4.57. The van der Waals surface area contributed by atoms with Gasteiger partial charge >= 0.3 is 0 Å². The van der Waals surface area contributed by atoms with Gasteiger partial charge in [-0.25, -0.2) is 0 Å². The van der Waals surface area contributed by atoms with Crippen LogP contribution in [0.4, 0.5) is 0 Å². The second-order valence-corrected chi connectivity index (χ2v) is 5.77. The van der Waals surface area contributed by atoms with Crippen molar-refractivity contribution in [2.75, 3.05) is 0 Å². The minimum atomic E-state index is 0.254. The second-order valence-electron chi connectivity index (χ2n) is 5.77. The number of rotatable bonds is 0. The molecule has 15 heavy (non-hydrogen) atoms. The summed E-state index contributed by atoms with van der Waals surface area (Å²) in [6.45, 7) is 9.18. The summed E-state index contributed by atoms with van der Waals surface area (Å²) in [7, 11) is 0. The molecule has 1 unspecified atom stereocenters. The largest absolute Gasteiger partial charge is 0.261 e. The van der Waals surface area contributed by atoms with Crippen LogP contribution in [0.15, 0.2) is 12.3 Å². The van der Waals surface area contributed by atoms with E-state index in [2.05, 4.69) is 38.7 Å². The highest BCUT2D eigenvalue weighted by Gasteiger charge is 2.25. The lowest BCUT2D eigenvalue weighted by molar-refractivity contribution is 0.534. The van der Waals surface area contributed by atoms with Crippen LogP contribution in [0.2, 0.25) is 0 Å². The fraction of sp³-hybridized carbons (Fsp3) is 0.643. The average molecular weight is 203 g/mol. The highest BCUT2D eigenvalue weighted by molar-refractivity contribution is 5.38. The smallest absolute Gasteiger partial charge is 0.0466 e. The highest BCUT2D eigenvalue weighted by atomic mass is 14.7. The van der Waals surface area contributed by atoms with E-state index in [1.807, 2.05) is 6.20 Å². The summed E-state index contributed by atoms with van der Waals surface area (Å²) >= 11 is 0. The summed E-state index contributed by atoms with van der Waals surface area (Å²) in [5.74, 6) is 0.649. The van der Waals surface area contributed by atoms with Crippen molar-refractivity contribution in [2.45, 2.75) is 58.3 Å². The number of fused-ring (bicyclic) bond motifs is 1. The molecule has 0 spiro atoms. The van der Waals surface area contributed by atoms with Gasteiger partial charge in [0.25, 0.3) is 0 Å². The van der Waals surface area contributed by atoms with Crippen molar-refractivity contribution in [1.82, 2.24) is 4.98 Å². The van der Waals surface area contributed by atoms with Crippen LogP contribution < -0.4 is 0 Å². The number of pyridine rings is 1. The predicted molar refractivity (Wildman–Crippen MR) is 64.3 cm³/mol. The third-order valence-electron chi connectivity index (χ3n) is 3.43. The molecule has 0 aliphatic heterocycles. The molecule has 2 rings (SSSR count). The molecule has 1 aromatic heterocycles. The van der Waals surface area contributed by atoms with Crippen molar-refractivity contribution in [1.29, 1.82) is 0 Å². The van der Waals surface area contributed by atoms with Gasteiger partial charge in [-0.05, 0) is 47.8 Å². The third kappa shape index (κ3) is 1.92. The molecular formula is C14H21N. The summed E-state index contributed by atoms with van der Waals surface area (Å²) in [5, 5.41) is 0. The maximum Gasteiger partial charge on any atom is 0.0466 e. The van der Waals surface area contributed by atoms with Crippen LogP contribution >= 0.6 is 0 Å². The molecule has 0 radical (unpaired) electrons. The van der Waals surface area contributed by atoms with E-state index in [-0.39, 0.29) is 5.41 Å². The van der Waals surface area contributed by atoms with Crippen molar-refractivity contribution in [3.63, 3.8) is 0 Å². The maximum atomic E-state index is 4.57. The van der Waals surface area contributed by atoms with E-state index in [0.717, 1.165) is 0 Å². The van der Waals surface area contributed by atoms with Crippen molar-refractivity contribution < 1.29 is 0 Å². The second kappa shape index (κ2) is 3.62. The van der Waals surface area contributed by atoms with E-state index < -0.39 is 0 Å². The van der Waals surface area contributed by atoms with Gasteiger partial charge < -0.3 is 0 Å². The standard InChI is InChI=1S/C14H21N/c1-10-6-5-7-11-12(14(2,3)4)8-9-15-13(10)11/h8-10H,5-7H2,1-4H3. The molecule has 0 amide bonds. The average Bonchev–Trinajstić information content (AvgIpc) is 2.16.